The second kappa shape index (κ2) is 7.18. The molecule has 1 aromatic heterocycles. The molecule has 0 bridgehead atoms. The summed E-state index contributed by atoms with van der Waals surface area (Å²) in [5, 5.41) is 6.03. The standard InChI is InChI=1S/C21H25N3O3/c1-21(10-11-21)20(26)24-16(12-14-6-3-2-4-7-14)19-23-17(13-27-19)18(25)22-15-8-5-9-15/h2-4,6-7,13,15-16H,5,8-12H2,1H3,(H,22,25)(H,24,26)/t16-/m1/s1. The third kappa shape index (κ3) is 4.04. The highest BCUT2D eigenvalue weighted by Gasteiger charge is 2.45. The van der Waals surface area contributed by atoms with Crippen molar-refractivity contribution in [3.05, 3.63) is 53.7 Å². The molecule has 0 saturated heterocycles. The summed E-state index contributed by atoms with van der Waals surface area (Å²) >= 11 is 0. The Bertz CT molecular complexity index is 822. The van der Waals surface area contributed by atoms with Gasteiger partial charge in [0.1, 0.15) is 12.3 Å². The molecule has 1 atom stereocenters. The Morgan fingerprint density at radius 3 is 2.63 bits per heavy atom. The highest BCUT2D eigenvalue weighted by atomic mass is 16.3. The molecule has 0 spiro atoms. The largest absolute Gasteiger partial charge is 0.446 e. The van der Waals surface area contributed by atoms with Crippen LogP contribution >= 0.6 is 0 Å². The number of benzene rings is 1. The molecule has 1 heterocycles. The number of carbonyl (C=O) groups excluding carboxylic acids is 2. The number of rotatable bonds is 7. The number of carbonyl (C=O) groups is 2. The molecule has 0 radical (unpaired) electrons. The maximum atomic E-state index is 12.6. The minimum absolute atomic E-state index is 0.0158. The van der Waals surface area contributed by atoms with Gasteiger partial charge in [-0.15, -0.1) is 0 Å². The lowest BCUT2D eigenvalue weighted by atomic mass is 9.93. The van der Waals surface area contributed by atoms with E-state index < -0.39 is 6.04 Å². The van der Waals surface area contributed by atoms with E-state index in [9.17, 15) is 9.59 Å². The molecule has 6 nitrogen and oxygen atoms in total. The molecule has 6 heteroatoms. The van der Waals surface area contributed by atoms with Crippen LogP contribution in [0.4, 0.5) is 0 Å². The smallest absolute Gasteiger partial charge is 0.273 e. The van der Waals surface area contributed by atoms with Gasteiger partial charge in [-0.3, -0.25) is 9.59 Å². The minimum atomic E-state index is -0.400. The van der Waals surface area contributed by atoms with Crippen LogP contribution in [0.5, 0.6) is 0 Å². The van der Waals surface area contributed by atoms with Gasteiger partial charge in [-0.25, -0.2) is 4.98 Å². The van der Waals surface area contributed by atoms with Crippen molar-refractivity contribution in [2.75, 3.05) is 0 Å². The summed E-state index contributed by atoms with van der Waals surface area (Å²) < 4.78 is 5.60. The number of hydrogen-bond donors (Lipinski definition) is 2. The maximum Gasteiger partial charge on any atom is 0.273 e. The molecule has 0 aliphatic heterocycles. The summed E-state index contributed by atoms with van der Waals surface area (Å²) in [4.78, 5) is 29.3. The van der Waals surface area contributed by atoms with Crippen molar-refractivity contribution in [1.29, 1.82) is 0 Å². The van der Waals surface area contributed by atoms with E-state index in [0.717, 1.165) is 37.7 Å². The fourth-order valence-corrected chi connectivity index (χ4v) is 3.16. The highest BCUT2D eigenvalue weighted by molar-refractivity contribution is 5.92. The third-order valence-electron chi connectivity index (χ3n) is 5.63. The van der Waals surface area contributed by atoms with Crippen LogP contribution in [0.3, 0.4) is 0 Å². The first-order chi connectivity index (χ1) is 13.0. The number of hydrogen-bond acceptors (Lipinski definition) is 4. The summed E-state index contributed by atoms with van der Waals surface area (Å²) in [6.45, 7) is 1.97. The van der Waals surface area contributed by atoms with E-state index in [-0.39, 0.29) is 29.0 Å². The Morgan fingerprint density at radius 2 is 2.00 bits per heavy atom. The van der Waals surface area contributed by atoms with E-state index in [1.54, 1.807) is 0 Å². The van der Waals surface area contributed by atoms with Gasteiger partial charge in [0.25, 0.3) is 5.91 Å². The number of oxazole rings is 1. The number of nitrogens with one attached hydrogen (secondary N) is 2. The lowest BCUT2D eigenvalue weighted by Gasteiger charge is -2.25. The molecule has 2 fully saturated rings. The summed E-state index contributed by atoms with van der Waals surface area (Å²) in [7, 11) is 0. The molecule has 2 aliphatic carbocycles. The Hall–Kier alpha value is -2.63. The monoisotopic (exact) mass is 367 g/mol. The average Bonchev–Trinajstić information content (AvgIpc) is 3.19. The van der Waals surface area contributed by atoms with Crippen molar-refractivity contribution in [1.82, 2.24) is 15.6 Å². The van der Waals surface area contributed by atoms with Crippen molar-refractivity contribution in [3.8, 4) is 0 Å². The SMILES string of the molecule is CC1(C(=O)N[C@H](Cc2ccccc2)c2nc(C(=O)NC3CCC3)co2)CC1. The predicted molar refractivity (Wildman–Crippen MR) is 100.0 cm³/mol. The lowest BCUT2D eigenvalue weighted by molar-refractivity contribution is -0.126. The first-order valence-electron chi connectivity index (χ1n) is 9.65. The number of nitrogens with zero attached hydrogens (tertiary/aromatic N) is 1. The first kappa shape index (κ1) is 17.8. The second-order valence-corrected chi connectivity index (χ2v) is 7.95. The van der Waals surface area contributed by atoms with Gasteiger partial charge in [0.15, 0.2) is 5.69 Å². The van der Waals surface area contributed by atoms with Crippen LogP contribution in [-0.2, 0) is 11.2 Å². The molecule has 0 unspecified atom stereocenters. The van der Waals surface area contributed by atoms with Crippen molar-refractivity contribution in [2.24, 2.45) is 5.41 Å². The molecule has 1 aromatic carbocycles. The van der Waals surface area contributed by atoms with Gasteiger partial charge in [0.2, 0.25) is 11.8 Å². The molecular formula is C21H25N3O3. The van der Waals surface area contributed by atoms with Gasteiger partial charge in [-0.2, -0.15) is 0 Å². The van der Waals surface area contributed by atoms with Gasteiger partial charge in [0.05, 0.1) is 0 Å². The van der Waals surface area contributed by atoms with Crippen LogP contribution < -0.4 is 10.6 Å². The second-order valence-electron chi connectivity index (χ2n) is 7.95. The fraction of sp³-hybridized carbons (Fsp3) is 0.476. The summed E-state index contributed by atoms with van der Waals surface area (Å²) in [6, 6.07) is 9.73. The van der Waals surface area contributed by atoms with Crippen molar-refractivity contribution in [2.45, 2.75) is 57.5 Å². The maximum absolute atomic E-state index is 12.6. The van der Waals surface area contributed by atoms with Gasteiger partial charge in [0, 0.05) is 17.9 Å². The Balaban J connectivity index is 1.50. The van der Waals surface area contributed by atoms with Crippen LogP contribution in [0.1, 0.15) is 67.0 Å². The van der Waals surface area contributed by atoms with Crippen molar-refractivity contribution in [3.63, 3.8) is 0 Å². The zero-order valence-electron chi connectivity index (χ0n) is 15.5. The number of aromatic nitrogens is 1. The fourth-order valence-electron chi connectivity index (χ4n) is 3.16. The average molecular weight is 367 g/mol. The van der Waals surface area contributed by atoms with Gasteiger partial charge < -0.3 is 15.1 Å². The lowest BCUT2D eigenvalue weighted by Crippen LogP contribution is -2.39. The van der Waals surface area contributed by atoms with E-state index in [2.05, 4.69) is 15.6 Å². The normalized spacial score (nSPS) is 19.0. The Morgan fingerprint density at radius 1 is 1.26 bits per heavy atom. The van der Waals surface area contributed by atoms with Crippen LogP contribution in [0.25, 0.3) is 0 Å². The zero-order chi connectivity index (χ0) is 18.9. The Kier molecular flexibility index (Phi) is 4.72. The molecule has 2 aromatic rings. The van der Waals surface area contributed by atoms with Crippen LogP contribution in [0.15, 0.2) is 41.0 Å². The molecule has 2 amide bonds. The molecular weight excluding hydrogens is 342 g/mol. The Labute approximate surface area is 158 Å². The van der Waals surface area contributed by atoms with E-state index in [1.807, 2.05) is 37.3 Å². The van der Waals surface area contributed by atoms with Crippen LogP contribution in [0.2, 0.25) is 0 Å². The molecule has 2 aliphatic rings. The summed E-state index contributed by atoms with van der Waals surface area (Å²) in [5.41, 5.74) is 1.05. The molecule has 2 saturated carbocycles. The predicted octanol–water partition coefficient (Wildman–Crippen LogP) is 3.16. The van der Waals surface area contributed by atoms with Gasteiger partial charge in [-0.1, -0.05) is 37.3 Å². The van der Waals surface area contributed by atoms with Crippen LogP contribution in [0, 0.1) is 5.41 Å². The number of amides is 2. The molecule has 27 heavy (non-hydrogen) atoms. The third-order valence-corrected chi connectivity index (χ3v) is 5.63. The first-order valence-corrected chi connectivity index (χ1v) is 9.65. The minimum Gasteiger partial charge on any atom is -0.446 e. The quantitative estimate of drug-likeness (QED) is 0.787. The molecule has 2 N–H and O–H groups in total. The van der Waals surface area contributed by atoms with Gasteiger partial charge in [-0.05, 0) is 37.7 Å². The van der Waals surface area contributed by atoms with Crippen LogP contribution in [-0.4, -0.2) is 22.8 Å². The van der Waals surface area contributed by atoms with E-state index >= 15 is 0 Å². The zero-order valence-corrected chi connectivity index (χ0v) is 15.5. The summed E-state index contributed by atoms with van der Waals surface area (Å²) in [6.07, 6.45) is 6.93. The van der Waals surface area contributed by atoms with E-state index in [1.165, 1.54) is 6.26 Å². The van der Waals surface area contributed by atoms with Crippen molar-refractivity contribution < 1.29 is 14.0 Å². The van der Waals surface area contributed by atoms with Gasteiger partial charge >= 0.3 is 0 Å². The topological polar surface area (TPSA) is 84.2 Å². The summed E-state index contributed by atoms with van der Waals surface area (Å²) in [5.74, 6) is 0.172. The van der Waals surface area contributed by atoms with Crippen molar-refractivity contribution >= 4 is 11.8 Å². The van der Waals surface area contributed by atoms with E-state index in [4.69, 9.17) is 4.42 Å². The van der Waals surface area contributed by atoms with E-state index in [0.29, 0.717) is 12.3 Å². The molecule has 142 valence electrons. The molecule has 4 rings (SSSR count). The highest BCUT2D eigenvalue weighted by Crippen LogP contribution is 2.45.